The normalized spacial score (nSPS) is 18.0. The quantitative estimate of drug-likeness (QED) is 0.113. The second-order valence-electron chi connectivity index (χ2n) is 16.2. The zero-order chi connectivity index (χ0) is 41.4. The molecule has 2 fully saturated rings. The van der Waals surface area contributed by atoms with Crippen molar-refractivity contribution in [2.45, 2.75) is 91.4 Å². The van der Waals surface area contributed by atoms with Gasteiger partial charge < -0.3 is 39.9 Å². The molecule has 14 heteroatoms. The highest BCUT2D eigenvalue weighted by Gasteiger charge is 2.39. The fourth-order valence-corrected chi connectivity index (χ4v) is 8.54. The number of hydrogen-bond donors (Lipinski definition) is 4. The molecule has 2 aliphatic rings. The van der Waals surface area contributed by atoms with Crippen molar-refractivity contribution in [1.82, 2.24) is 40.4 Å². The van der Waals surface area contributed by atoms with E-state index >= 15 is 0 Å². The summed E-state index contributed by atoms with van der Waals surface area (Å²) >= 11 is 0. The maximum atomic E-state index is 13.7. The number of ether oxygens (including phenoxy) is 2. The molecule has 0 radical (unpaired) electrons. The number of imidazole rings is 2. The first kappa shape index (κ1) is 40.3. The molecule has 0 aliphatic carbocycles. The van der Waals surface area contributed by atoms with E-state index in [9.17, 15) is 19.2 Å². The van der Waals surface area contributed by atoms with Crippen molar-refractivity contribution in [3.8, 4) is 22.3 Å². The predicted molar refractivity (Wildman–Crippen MR) is 222 cm³/mol. The molecule has 7 rings (SSSR count). The van der Waals surface area contributed by atoms with Crippen LogP contribution in [-0.2, 0) is 19.1 Å². The van der Waals surface area contributed by atoms with Crippen LogP contribution in [0.2, 0.25) is 0 Å². The third-order valence-electron chi connectivity index (χ3n) is 11.9. The maximum Gasteiger partial charge on any atom is 0.407 e. The lowest BCUT2D eigenvalue weighted by atomic mass is 9.90. The first-order valence-corrected chi connectivity index (χ1v) is 20.2. The molecule has 2 aromatic heterocycles. The summed E-state index contributed by atoms with van der Waals surface area (Å²) in [5.41, 5.74) is 10.1. The van der Waals surface area contributed by atoms with Crippen molar-refractivity contribution in [1.29, 1.82) is 0 Å². The second kappa shape index (κ2) is 16.5. The summed E-state index contributed by atoms with van der Waals surface area (Å²) in [7, 11) is 2.59. The van der Waals surface area contributed by atoms with Crippen LogP contribution < -0.4 is 10.6 Å². The van der Waals surface area contributed by atoms with Gasteiger partial charge in [-0.25, -0.2) is 19.6 Å². The fourth-order valence-electron chi connectivity index (χ4n) is 8.54. The number of alkyl carbamates (subject to hydrolysis) is 2. The predicted octanol–water partition coefficient (Wildman–Crippen LogP) is 7.48. The number of nitrogens with one attached hydrogen (secondary N) is 4. The number of benzene rings is 3. The van der Waals surface area contributed by atoms with Gasteiger partial charge >= 0.3 is 12.2 Å². The summed E-state index contributed by atoms with van der Waals surface area (Å²) in [5, 5.41) is 5.43. The van der Waals surface area contributed by atoms with Gasteiger partial charge in [-0.1, -0.05) is 52.0 Å². The van der Waals surface area contributed by atoms with Gasteiger partial charge in [0.15, 0.2) is 0 Å². The van der Waals surface area contributed by atoms with E-state index in [0.29, 0.717) is 13.1 Å². The van der Waals surface area contributed by atoms with Crippen molar-refractivity contribution < 1.29 is 28.7 Å². The zero-order valence-corrected chi connectivity index (χ0v) is 34.6. The van der Waals surface area contributed by atoms with Crippen LogP contribution in [0.4, 0.5) is 9.59 Å². The van der Waals surface area contributed by atoms with Gasteiger partial charge in [0, 0.05) is 13.1 Å². The average molecular weight is 791 g/mol. The minimum absolute atomic E-state index is 0.111. The Kier molecular flexibility index (Phi) is 11.5. The van der Waals surface area contributed by atoms with E-state index in [-0.39, 0.29) is 35.7 Å². The highest BCUT2D eigenvalue weighted by atomic mass is 16.5. The lowest BCUT2D eigenvalue weighted by Crippen LogP contribution is -2.51. The van der Waals surface area contributed by atoms with Gasteiger partial charge in [0.2, 0.25) is 11.8 Å². The van der Waals surface area contributed by atoms with Gasteiger partial charge in [0.05, 0.1) is 48.4 Å². The number of amides is 4. The Morgan fingerprint density at radius 3 is 1.41 bits per heavy atom. The molecule has 1 unspecified atom stereocenters. The van der Waals surface area contributed by atoms with E-state index in [4.69, 9.17) is 19.4 Å². The molecule has 14 nitrogen and oxygen atoms in total. The number of rotatable bonds is 10. The van der Waals surface area contributed by atoms with Crippen molar-refractivity contribution in [3.05, 3.63) is 71.3 Å². The Morgan fingerprint density at radius 1 is 0.655 bits per heavy atom. The SMILES string of the molecule is COC(=O)N[C@H](C(=O)N1CCCC1c1nc2ccc(-c3ccc(-c4ccc5nc([C@@H]6CCCN6C(=O)[C@@H](NC(=O)OC)C(C)C)[nH]c5c4)c(C)c3C)cc2[nH]1)C(C)C. The number of likely N-dealkylation sites (tertiary alicyclic amines) is 2. The van der Waals surface area contributed by atoms with E-state index in [1.165, 1.54) is 14.2 Å². The monoisotopic (exact) mass is 790 g/mol. The van der Waals surface area contributed by atoms with Crippen LogP contribution in [0.25, 0.3) is 44.3 Å². The van der Waals surface area contributed by atoms with Crippen LogP contribution in [-0.4, -0.2) is 93.1 Å². The van der Waals surface area contributed by atoms with Crippen molar-refractivity contribution in [3.63, 3.8) is 0 Å². The topological polar surface area (TPSA) is 175 Å². The highest BCUT2D eigenvalue weighted by molar-refractivity contribution is 5.89. The minimum atomic E-state index is -0.695. The summed E-state index contributed by atoms with van der Waals surface area (Å²) in [4.78, 5) is 72.0. The van der Waals surface area contributed by atoms with E-state index in [1.807, 2.05) is 49.6 Å². The number of aromatic amines is 2. The van der Waals surface area contributed by atoms with Gasteiger partial charge in [0.25, 0.3) is 0 Å². The second-order valence-corrected chi connectivity index (χ2v) is 16.2. The molecule has 2 aliphatic heterocycles. The number of H-pyrrole nitrogens is 2. The van der Waals surface area contributed by atoms with E-state index in [2.05, 4.69) is 70.8 Å². The maximum absolute atomic E-state index is 13.7. The lowest BCUT2D eigenvalue weighted by molar-refractivity contribution is -0.136. The molecule has 4 N–H and O–H groups in total. The molecular formula is C44H54N8O6. The summed E-state index contributed by atoms with van der Waals surface area (Å²) < 4.78 is 9.57. The third kappa shape index (κ3) is 7.71. The third-order valence-corrected chi connectivity index (χ3v) is 11.9. The van der Waals surface area contributed by atoms with Gasteiger partial charge in [-0.3, -0.25) is 9.59 Å². The Hall–Kier alpha value is -5.92. The lowest BCUT2D eigenvalue weighted by Gasteiger charge is -2.29. The van der Waals surface area contributed by atoms with E-state index in [1.54, 1.807) is 0 Å². The van der Waals surface area contributed by atoms with Crippen LogP contribution in [0.3, 0.4) is 0 Å². The molecule has 4 heterocycles. The zero-order valence-electron chi connectivity index (χ0n) is 34.6. The molecule has 3 aromatic carbocycles. The molecular weight excluding hydrogens is 737 g/mol. The Labute approximate surface area is 338 Å². The number of hydrogen-bond acceptors (Lipinski definition) is 8. The number of methoxy groups -OCH3 is 2. The van der Waals surface area contributed by atoms with Gasteiger partial charge in [0.1, 0.15) is 23.7 Å². The van der Waals surface area contributed by atoms with Gasteiger partial charge in [-0.15, -0.1) is 0 Å². The van der Waals surface area contributed by atoms with Crippen LogP contribution in [0.5, 0.6) is 0 Å². The summed E-state index contributed by atoms with van der Waals surface area (Å²) in [6.07, 6.45) is 2.00. The number of carbonyl (C=O) groups is 4. The Bertz CT molecular complexity index is 2200. The number of fused-ring (bicyclic) bond motifs is 2. The van der Waals surface area contributed by atoms with Gasteiger partial charge in [-0.05, 0) is 109 Å². The average Bonchev–Trinajstić information content (AvgIpc) is 4.04. The molecule has 0 spiro atoms. The van der Waals surface area contributed by atoms with E-state index < -0.39 is 24.3 Å². The number of aromatic nitrogens is 4. The van der Waals surface area contributed by atoms with Gasteiger partial charge in [-0.2, -0.15) is 0 Å². The Morgan fingerprint density at radius 2 is 1.05 bits per heavy atom. The molecule has 58 heavy (non-hydrogen) atoms. The molecule has 4 atom stereocenters. The summed E-state index contributed by atoms with van der Waals surface area (Å²) in [5.74, 6) is 0.977. The fraction of sp³-hybridized carbons (Fsp3) is 0.455. The van der Waals surface area contributed by atoms with Crippen LogP contribution >= 0.6 is 0 Å². The number of nitrogens with zero attached hydrogens (tertiary/aromatic N) is 4. The first-order valence-electron chi connectivity index (χ1n) is 20.2. The molecule has 0 bridgehead atoms. The summed E-state index contributed by atoms with van der Waals surface area (Å²) in [6, 6.07) is 14.9. The van der Waals surface area contributed by atoms with Crippen LogP contribution in [0, 0.1) is 25.7 Å². The molecule has 4 amide bonds. The smallest absolute Gasteiger partial charge is 0.407 e. The summed E-state index contributed by atoms with van der Waals surface area (Å²) in [6.45, 7) is 13.1. The van der Waals surface area contributed by atoms with Crippen LogP contribution in [0.15, 0.2) is 48.5 Å². The molecule has 0 saturated carbocycles. The van der Waals surface area contributed by atoms with Crippen molar-refractivity contribution >= 4 is 46.1 Å². The van der Waals surface area contributed by atoms with Crippen LogP contribution in [0.1, 0.15) is 88.2 Å². The molecule has 306 valence electrons. The molecule has 2 saturated heterocycles. The molecule has 5 aromatic rings. The van der Waals surface area contributed by atoms with E-state index in [0.717, 1.165) is 92.8 Å². The Balaban J connectivity index is 1.11. The largest absolute Gasteiger partial charge is 0.453 e. The number of carbonyl (C=O) groups excluding carboxylic acids is 4. The highest BCUT2D eigenvalue weighted by Crippen LogP contribution is 2.38. The minimum Gasteiger partial charge on any atom is -0.453 e. The standard InChI is InChI=1S/C44H54N8O6/c1-23(2)37(49-43(55)57-7)41(53)51-19-9-11-35(51)39-45-31-17-13-27(21-33(31)47-39)29-15-16-30(26(6)25(29)5)28-14-18-32-34(22-28)48-40(46-32)36-12-10-20-52(36)42(54)38(24(3)4)50-44(56)58-8/h13-18,21-24,35-38H,9-12,19-20H2,1-8H3,(H,45,47)(H,46,48)(H,49,55)(H,50,56)/t35-,36?,37-,38-/m0/s1. The van der Waals surface area contributed by atoms with Crippen molar-refractivity contribution in [2.75, 3.05) is 27.3 Å². The first-order chi connectivity index (χ1) is 27.8. The van der Waals surface area contributed by atoms with Crippen molar-refractivity contribution in [2.24, 2.45) is 11.8 Å².